The molecule has 0 bridgehead atoms. The number of pyridine rings is 1. The van der Waals surface area contributed by atoms with Crippen LogP contribution in [-0.4, -0.2) is 59.7 Å². The Balaban J connectivity index is 1.40. The van der Waals surface area contributed by atoms with E-state index in [9.17, 15) is 0 Å². The fraction of sp³-hybridized carbons (Fsp3) is 0.750. The van der Waals surface area contributed by atoms with Crippen LogP contribution in [0.2, 0.25) is 0 Å². The van der Waals surface area contributed by atoms with Crippen LogP contribution in [0.15, 0.2) is 12.3 Å². The normalized spacial score (nSPS) is 27.1. The zero-order valence-electron chi connectivity index (χ0n) is 15.0. The molecule has 0 unspecified atom stereocenters. The molecule has 1 aromatic rings. The lowest BCUT2D eigenvalue weighted by atomic mass is 9.90. The van der Waals surface area contributed by atoms with Crippen molar-refractivity contribution < 1.29 is 4.74 Å². The molecule has 0 spiro atoms. The van der Waals surface area contributed by atoms with Gasteiger partial charge in [-0.2, -0.15) is 0 Å². The molecule has 0 radical (unpaired) electrons. The van der Waals surface area contributed by atoms with Crippen molar-refractivity contribution in [3.63, 3.8) is 0 Å². The summed E-state index contributed by atoms with van der Waals surface area (Å²) in [5.74, 6) is 0. The molecular weight excluding hydrogens is 298 g/mol. The van der Waals surface area contributed by atoms with E-state index < -0.39 is 0 Å². The number of piperazine rings is 1. The van der Waals surface area contributed by atoms with Gasteiger partial charge >= 0.3 is 0 Å². The van der Waals surface area contributed by atoms with Crippen LogP contribution in [-0.2, 0) is 24.1 Å². The average molecular weight is 329 g/mol. The van der Waals surface area contributed by atoms with E-state index in [0.717, 1.165) is 25.8 Å². The topological polar surface area (TPSA) is 28.6 Å². The van der Waals surface area contributed by atoms with Crippen LogP contribution in [0.5, 0.6) is 0 Å². The van der Waals surface area contributed by atoms with Crippen molar-refractivity contribution in [1.29, 1.82) is 0 Å². The molecule has 4 rings (SSSR count). The number of hydrogen-bond donors (Lipinski definition) is 0. The number of rotatable bonds is 3. The molecule has 2 fully saturated rings. The maximum absolute atomic E-state index is 5.52. The summed E-state index contributed by atoms with van der Waals surface area (Å²) in [6.07, 6.45) is 9.60. The Kier molecular flexibility index (Phi) is 5.16. The van der Waals surface area contributed by atoms with Crippen LogP contribution >= 0.6 is 0 Å². The first-order chi connectivity index (χ1) is 11.8. The minimum absolute atomic E-state index is 0.614. The zero-order valence-corrected chi connectivity index (χ0v) is 15.0. The van der Waals surface area contributed by atoms with Gasteiger partial charge in [-0.25, -0.2) is 0 Å². The van der Waals surface area contributed by atoms with Gasteiger partial charge in [-0.1, -0.05) is 0 Å². The van der Waals surface area contributed by atoms with Crippen molar-refractivity contribution >= 4 is 0 Å². The van der Waals surface area contributed by atoms with Crippen molar-refractivity contribution in [3.05, 3.63) is 29.1 Å². The largest absolute Gasteiger partial charge is 0.381 e. The lowest BCUT2D eigenvalue weighted by Crippen LogP contribution is -2.55. The van der Waals surface area contributed by atoms with Crippen LogP contribution in [0.25, 0.3) is 0 Å². The van der Waals surface area contributed by atoms with Gasteiger partial charge in [0.25, 0.3) is 0 Å². The summed E-state index contributed by atoms with van der Waals surface area (Å²) in [6.45, 7) is 8.87. The first-order valence-electron chi connectivity index (χ1n) is 9.83. The molecule has 0 amide bonds. The second-order valence-corrected chi connectivity index (χ2v) is 7.76. The molecule has 1 aromatic heterocycles. The van der Waals surface area contributed by atoms with Crippen molar-refractivity contribution in [2.24, 2.45) is 0 Å². The van der Waals surface area contributed by atoms with Gasteiger partial charge in [0.05, 0.1) is 5.69 Å². The Labute approximate surface area is 146 Å². The molecule has 4 heteroatoms. The molecule has 0 aromatic carbocycles. The first-order valence-corrected chi connectivity index (χ1v) is 9.83. The molecule has 0 saturated carbocycles. The maximum Gasteiger partial charge on any atom is 0.0578 e. The van der Waals surface area contributed by atoms with Gasteiger partial charge in [0.15, 0.2) is 0 Å². The molecule has 3 aliphatic rings. The second-order valence-electron chi connectivity index (χ2n) is 7.76. The minimum Gasteiger partial charge on any atom is -0.381 e. The zero-order chi connectivity index (χ0) is 16.4. The van der Waals surface area contributed by atoms with Crippen LogP contribution in [0.1, 0.15) is 49.4 Å². The molecule has 2 aliphatic heterocycles. The van der Waals surface area contributed by atoms with Crippen molar-refractivity contribution in [2.45, 2.75) is 64.1 Å². The second kappa shape index (κ2) is 7.51. The summed E-state index contributed by atoms with van der Waals surface area (Å²) in [5, 5.41) is 0. The highest BCUT2D eigenvalue weighted by molar-refractivity contribution is 5.32. The molecule has 0 N–H and O–H groups in total. The van der Waals surface area contributed by atoms with Crippen molar-refractivity contribution in [1.82, 2.24) is 14.8 Å². The predicted molar refractivity (Wildman–Crippen MR) is 96.2 cm³/mol. The van der Waals surface area contributed by atoms with Crippen LogP contribution in [0.3, 0.4) is 0 Å². The fourth-order valence-corrected chi connectivity index (χ4v) is 4.71. The lowest BCUT2D eigenvalue weighted by Gasteiger charge is -2.44. The van der Waals surface area contributed by atoms with E-state index >= 15 is 0 Å². The number of hydrogen-bond acceptors (Lipinski definition) is 4. The molecule has 132 valence electrons. The SMILES string of the molecule is C[C@@H]1CN(C2CCOCC2)CCN1Cc1nccc2c1CCCC2. The third kappa shape index (κ3) is 3.51. The van der Waals surface area contributed by atoms with Crippen molar-refractivity contribution in [2.75, 3.05) is 32.8 Å². The Morgan fingerprint density at radius 2 is 2.00 bits per heavy atom. The number of ether oxygens (including phenoxy) is 1. The third-order valence-electron chi connectivity index (χ3n) is 6.22. The molecule has 1 atom stereocenters. The van der Waals surface area contributed by atoms with Gasteiger partial charge in [0.2, 0.25) is 0 Å². The summed E-state index contributed by atoms with van der Waals surface area (Å²) < 4.78 is 5.52. The highest BCUT2D eigenvalue weighted by atomic mass is 16.5. The fourth-order valence-electron chi connectivity index (χ4n) is 4.71. The summed E-state index contributed by atoms with van der Waals surface area (Å²) in [7, 11) is 0. The maximum atomic E-state index is 5.52. The summed E-state index contributed by atoms with van der Waals surface area (Å²) in [6, 6.07) is 3.60. The Morgan fingerprint density at radius 3 is 2.83 bits per heavy atom. The molecule has 3 heterocycles. The van der Waals surface area contributed by atoms with Gasteiger partial charge in [0.1, 0.15) is 0 Å². The van der Waals surface area contributed by atoms with E-state index in [0.29, 0.717) is 6.04 Å². The molecule has 24 heavy (non-hydrogen) atoms. The molecule has 2 saturated heterocycles. The number of aromatic nitrogens is 1. The molecular formula is C20H31N3O. The Bertz CT molecular complexity index is 556. The van der Waals surface area contributed by atoms with E-state index in [1.165, 1.54) is 63.9 Å². The van der Waals surface area contributed by atoms with Crippen LogP contribution in [0, 0.1) is 0 Å². The van der Waals surface area contributed by atoms with E-state index in [2.05, 4.69) is 22.8 Å². The highest BCUT2D eigenvalue weighted by Gasteiger charge is 2.30. The Hall–Kier alpha value is -0.970. The highest BCUT2D eigenvalue weighted by Crippen LogP contribution is 2.26. The van der Waals surface area contributed by atoms with Gasteiger partial charge < -0.3 is 4.74 Å². The summed E-state index contributed by atoms with van der Waals surface area (Å²) >= 11 is 0. The lowest BCUT2D eigenvalue weighted by molar-refractivity contribution is -0.00374. The minimum atomic E-state index is 0.614. The van der Waals surface area contributed by atoms with Gasteiger partial charge in [-0.15, -0.1) is 0 Å². The van der Waals surface area contributed by atoms with Crippen LogP contribution in [0.4, 0.5) is 0 Å². The average Bonchev–Trinajstić information content (AvgIpc) is 2.64. The van der Waals surface area contributed by atoms with E-state index in [1.54, 1.807) is 11.1 Å². The summed E-state index contributed by atoms with van der Waals surface area (Å²) in [4.78, 5) is 10.1. The number of fused-ring (bicyclic) bond motifs is 1. The quantitative estimate of drug-likeness (QED) is 0.852. The molecule has 1 aliphatic carbocycles. The standard InChI is InChI=1S/C20H31N3O/c1-16-14-23(18-7-12-24-13-8-18)11-10-22(16)15-20-19-5-3-2-4-17(19)6-9-21-20/h6,9,16,18H,2-5,7-8,10-15H2,1H3/t16-/m1/s1. The van der Waals surface area contributed by atoms with E-state index in [1.807, 2.05) is 6.20 Å². The van der Waals surface area contributed by atoms with E-state index in [4.69, 9.17) is 9.72 Å². The van der Waals surface area contributed by atoms with Gasteiger partial charge in [-0.3, -0.25) is 14.8 Å². The predicted octanol–water partition coefficient (Wildman–Crippen LogP) is 2.65. The number of aryl methyl sites for hydroxylation is 1. The monoisotopic (exact) mass is 329 g/mol. The Morgan fingerprint density at radius 1 is 1.17 bits per heavy atom. The third-order valence-corrected chi connectivity index (χ3v) is 6.22. The van der Waals surface area contributed by atoms with Crippen molar-refractivity contribution in [3.8, 4) is 0 Å². The first kappa shape index (κ1) is 16.5. The van der Waals surface area contributed by atoms with Gasteiger partial charge in [0, 0.05) is 57.7 Å². The molecule has 4 nitrogen and oxygen atoms in total. The summed E-state index contributed by atoms with van der Waals surface area (Å²) in [5.41, 5.74) is 4.46. The van der Waals surface area contributed by atoms with E-state index in [-0.39, 0.29) is 0 Å². The van der Waals surface area contributed by atoms with Gasteiger partial charge in [-0.05, 0) is 62.6 Å². The number of nitrogens with zero attached hydrogens (tertiary/aromatic N) is 3. The van der Waals surface area contributed by atoms with Crippen LogP contribution < -0.4 is 0 Å². The smallest absolute Gasteiger partial charge is 0.0578 e.